The zero-order valence-corrected chi connectivity index (χ0v) is 19.2. The van der Waals surface area contributed by atoms with Gasteiger partial charge in [0.25, 0.3) is 0 Å². The number of amides is 1. The van der Waals surface area contributed by atoms with Crippen LogP contribution in [0.25, 0.3) is 0 Å². The van der Waals surface area contributed by atoms with E-state index in [4.69, 9.17) is 18.9 Å². The predicted octanol–water partition coefficient (Wildman–Crippen LogP) is 3.20. The van der Waals surface area contributed by atoms with Crippen LogP contribution in [0.1, 0.15) is 49.5 Å². The maximum absolute atomic E-state index is 13.8. The Balaban J connectivity index is 0.00000155. The molecule has 3 rings (SSSR count). The first-order valence-corrected chi connectivity index (χ1v) is 10.6. The number of nitrogens with zero attached hydrogens (tertiary/aromatic N) is 1. The molecule has 0 aliphatic carbocycles. The van der Waals surface area contributed by atoms with Crippen molar-refractivity contribution in [1.29, 1.82) is 0 Å². The molecule has 1 aromatic rings. The summed E-state index contributed by atoms with van der Waals surface area (Å²) in [6, 6.07) is 5.12. The van der Waals surface area contributed by atoms with Gasteiger partial charge in [0.15, 0.2) is 6.04 Å². The number of esters is 1. The highest BCUT2D eigenvalue weighted by Gasteiger charge is 2.52. The van der Waals surface area contributed by atoms with E-state index in [0.29, 0.717) is 57.1 Å². The number of carbonyl (C=O) groups excluding carboxylic acids is 2. The van der Waals surface area contributed by atoms with Crippen molar-refractivity contribution in [1.82, 2.24) is 0 Å². The van der Waals surface area contributed by atoms with Gasteiger partial charge in [0.05, 0.1) is 25.1 Å². The van der Waals surface area contributed by atoms with Crippen molar-refractivity contribution >= 4 is 11.9 Å². The average Bonchev–Trinajstić information content (AvgIpc) is 2.91. The lowest BCUT2D eigenvalue weighted by atomic mass is 9.79. The van der Waals surface area contributed by atoms with E-state index in [1.165, 1.54) is 7.11 Å². The van der Waals surface area contributed by atoms with Gasteiger partial charge in [-0.25, -0.2) is 9.59 Å². The molecule has 2 atom stereocenters. The molecular formula is C23H36NO6+. The van der Waals surface area contributed by atoms with Crippen molar-refractivity contribution < 1.29 is 33.0 Å². The van der Waals surface area contributed by atoms with Crippen molar-refractivity contribution in [3.8, 4) is 5.75 Å². The lowest BCUT2D eigenvalue weighted by Gasteiger charge is -2.43. The summed E-state index contributed by atoms with van der Waals surface area (Å²) in [6.45, 7) is 8.48. The van der Waals surface area contributed by atoms with Crippen molar-refractivity contribution in [2.24, 2.45) is 5.41 Å². The fourth-order valence-corrected chi connectivity index (χ4v) is 4.19. The topological polar surface area (TPSA) is 71.1 Å². The Bertz CT molecular complexity index is 743. The first-order valence-electron chi connectivity index (χ1n) is 10.6. The fourth-order valence-electron chi connectivity index (χ4n) is 4.19. The first kappa shape index (κ1) is 24.3. The quantitative estimate of drug-likeness (QED) is 0.548. The molecule has 0 aromatic heterocycles. The Hall–Kier alpha value is -1.96. The molecule has 7 heteroatoms. The lowest BCUT2D eigenvalue weighted by molar-refractivity contribution is -0.876. The molecule has 1 fully saturated rings. The zero-order chi connectivity index (χ0) is 22.4. The molecule has 1 aromatic carbocycles. The van der Waals surface area contributed by atoms with E-state index in [1.807, 2.05) is 33.9 Å². The second-order valence-corrected chi connectivity index (χ2v) is 8.14. The fraction of sp³-hybridized carbons (Fsp3) is 0.652. The third kappa shape index (κ3) is 4.85. The monoisotopic (exact) mass is 422 g/mol. The molecule has 1 amide bonds. The largest absolute Gasteiger partial charge is 0.487 e. The minimum Gasteiger partial charge on any atom is -0.487 e. The van der Waals surface area contributed by atoms with Gasteiger partial charge in [0.2, 0.25) is 0 Å². The summed E-state index contributed by atoms with van der Waals surface area (Å²) in [5.41, 5.74) is 0.899. The van der Waals surface area contributed by atoms with Gasteiger partial charge in [-0.1, -0.05) is 13.8 Å². The third-order valence-electron chi connectivity index (χ3n) is 6.16. The van der Waals surface area contributed by atoms with E-state index in [9.17, 15) is 9.59 Å². The number of carbonyl (C=O) groups is 2. The normalized spacial score (nSPS) is 24.9. The number of hydrogen-bond donors (Lipinski definition) is 0. The van der Waals surface area contributed by atoms with Crippen LogP contribution in [-0.2, 0) is 25.5 Å². The Kier molecular flexibility index (Phi) is 8.41. The van der Waals surface area contributed by atoms with E-state index in [1.54, 1.807) is 19.2 Å². The molecule has 2 aliphatic heterocycles. The summed E-state index contributed by atoms with van der Waals surface area (Å²) in [5, 5.41) is 0. The van der Waals surface area contributed by atoms with Crippen LogP contribution < -0.4 is 4.74 Å². The summed E-state index contributed by atoms with van der Waals surface area (Å²) in [4.78, 5) is 25.7. The Morgan fingerprint density at radius 2 is 1.87 bits per heavy atom. The summed E-state index contributed by atoms with van der Waals surface area (Å²) >= 11 is 0. The van der Waals surface area contributed by atoms with Crippen LogP contribution in [0.4, 0.5) is 0 Å². The SMILES string of the molecule is CC.COCC1COc2cc(C(=O)OC)ccc2C[N+]1(C)C(=O)C1(C)CCOCC1. The predicted molar refractivity (Wildman–Crippen MR) is 113 cm³/mol. The van der Waals surface area contributed by atoms with E-state index < -0.39 is 11.4 Å². The molecule has 0 radical (unpaired) electrons. The number of rotatable bonds is 4. The minimum absolute atomic E-state index is 0.147. The Morgan fingerprint density at radius 3 is 2.47 bits per heavy atom. The molecular weight excluding hydrogens is 386 g/mol. The molecule has 0 saturated carbocycles. The third-order valence-corrected chi connectivity index (χ3v) is 6.16. The maximum atomic E-state index is 13.8. The van der Waals surface area contributed by atoms with E-state index >= 15 is 0 Å². The van der Waals surface area contributed by atoms with Gasteiger partial charge in [-0.3, -0.25) is 4.48 Å². The number of benzene rings is 1. The number of ether oxygens (including phenoxy) is 4. The molecule has 7 nitrogen and oxygen atoms in total. The van der Waals surface area contributed by atoms with Gasteiger partial charge in [-0.05, 0) is 38.0 Å². The number of methoxy groups -OCH3 is 2. The summed E-state index contributed by atoms with van der Waals surface area (Å²) in [7, 11) is 4.96. The molecule has 0 N–H and O–H groups in total. The van der Waals surface area contributed by atoms with E-state index in [-0.39, 0.29) is 16.4 Å². The standard InChI is InChI=1S/C21H30NO6.C2H6/c1-21(7-9-27-10-8-21)20(24)22(2)12-16-6-5-15(19(23)26-4)11-18(16)28-14-17(22)13-25-3;1-2/h5-6,11,17H,7-10,12-14H2,1-4H3;1-2H3/q+1;. The first-order chi connectivity index (χ1) is 14.3. The second kappa shape index (κ2) is 10.4. The molecule has 2 aliphatic rings. The van der Waals surface area contributed by atoms with E-state index in [0.717, 1.165) is 5.56 Å². The van der Waals surface area contributed by atoms with Crippen molar-refractivity contribution in [2.45, 2.75) is 46.2 Å². The molecule has 2 heterocycles. The Labute approximate surface area is 179 Å². The zero-order valence-electron chi connectivity index (χ0n) is 19.2. The van der Waals surface area contributed by atoms with Crippen LogP contribution in [0.3, 0.4) is 0 Å². The maximum Gasteiger partial charge on any atom is 0.337 e. The van der Waals surface area contributed by atoms with Crippen LogP contribution in [0.2, 0.25) is 0 Å². The van der Waals surface area contributed by atoms with Crippen LogP contribution in [0.5, 0.6) is 5.75 Å². The highest BCUT2D eigenvalue weighted by Crippen LogP contribution is 2.39. The molecule has 168 valence electrons. The van der Waals surface area contributed by atoms with Gasteiger partial charge >= 0.3 is 11.9 Å². The van der Waals surface area contributed by atoms with Gasteiger partial charge in [-0.15, -0.1) is 0 Å². The number of quaternary nitrogens is 1. The number of likely N-dealkylation sites (N-methyl/N-ethyl adjacent to an activating group) is 1. The Morgan fingerprint density at radius 1 is 1.20 bits per heavy atom. The molecule has 0 spiro atoms. The smallest absolute Gasteiger partial charge is 0.337 e. The highest BCUT2D eigenvalue weighted by atomic mass is 16.5. The summed E-state index contributed by atoms with van der Waals surface area (Å²) in [6.07, 6.45) is 1.43. The molecule has 0 bridgehead atoms. The van der Waals surface area contributed by atoms with Crippen molar-refractivity contribution in [3.05, 3.63) is 29.3 Å². The minimum atomic E-state index is -0.435. The summed E-state index contributed by atoms with van der Waals surface area (Å²) < 4.78 is 22.0. The molecule has 1 saturated heterocycles. The van der Waals surface area contributed by atoms with Crippen LogP contribution >= 0.6 is 0 Å². The van der Waals surface area contributed by atoms with Crippen LogP contribution in [0.15, 0.2) is 18.2 Å². The highest BCUT2D eigenvalue weighted by molar-refractivity contribution is 5.90. The van der Waals surface area contributed by atoms with Crippen molar-refractivity contribution in [3.63, 3.8) is 0 Å². The lowest BCUT2D eigenvalue weighted by Crippen LogP contribution is -2.63. The van der Waals surface area contributed by atoms with Gasteiger partial charge in [-0.2, -0.15) is 0 Å². The van der Waals surface area contributed by atoms with Gasteiger partial charge in [0.1, 0.15) is 25.5 Å². The molecule has 30 heavy (non-hydrogen) atoms. The number of fused-ring (bicyclic) bond motifs is 1. The van der Waals surface area contributed by atoms with Gasteiger partial charge in [0, 0.05) is 25.9 Å². The second-order valence-electron chi connectivity index (χ2n) is 8.14. The van der Waals surface area contributed by atoms with Crippen LogP contribution in [0, 0.1) is 5.41 Å². The summed E-state index contributed by atoms with van der Waals surface area (Å²) in [5.74, 6) is 0.397. The van der Waals surface area contributed by atoms with E-state index in [2.05, 4.69) is 0 Å². The van der Waals surface area contributed by atoms with Gasteiger partial charge < -0.3 is 18.9 Å². The average molecular weight is 423 g/mol. The molecule has 2 unspecified atom stereocenters. The number of hydrogen-bond acceptors (Lipinski definition) is 6. The van der Waals surface area contributed by atoms with Crippen LogP contribution in [-0.4, -0.2) is 70.1 Å². The van der Waals surface area contributed by atoms with Crippen molar-refractivity contribution in [2.75, 3.05) is 47.7 Å².